The van der Waals surface area contributed by atoms with E-state index in [2.05, 4.69) is 4.98 Å². The normalized spacial score (nSPS) is 12.2. The molecule has 0 aliphatic rings. The fourth-order valence-electron chi connectivity index (χ4n) is 1.33. The highest BCUT2D eigenvalue weighted by atomic mass is 19.4. The third-order valence-corrected chi connectivity index (χ3v) is 2.18. The molecule has 8 heteroatoms. The van der Waals surface area contributed by atoms with Crippen LogP contribution in [0.5, 0.6) is 0 Å². The molecular weight excluding hydrogens is 241 g/mol. The van der Waals surface area contributed by atoms with Crippen molar-refractivity contribution in [2.45, 2.75) is 26.3 Å². The SMILES string of the molecule is CCN(CC)c1nc(C(F)(F)F)c(C(O)O)o1. The minimum Gasteiger partial charge on any atom is -0.422 e. The van der Waals surface area contributed by atoms with Gasteiger partial charge in [0.2, 0.25) is 6.29 Å². The molecular formula is C9H13F3N2O3. The number of aliphatic hydroxyl groups excluding tert-OH is 1. The van der Waals surface area contributed by atoms with Gasteiger partial charge in [0.25, 0.3) is 6.01 Å². The van der Waals surface area contributed by atoms with Gasteiger partial charge in [-0.05, 0) is 13.8 Å². The van der Waals surface area contributed by atoms with Gasteiger partial charge in [-0.1, -0.05) is 0 Å². The lowest BCUT2D eigenvalue weighted by Crippen LogP contribution is -2.22. The van der Waals surface area contributed by atoms with E-state index in [1.807, 2.05) is 0 Å². The molecule has 0 bridgehead atoms. The molecule has 1 heterocycles. The van der Waals surface area contributed by atoms with Gasteiger partial charge in [0, 0.05) is 13.1 Å². The van der Waals surface area contributed by atoms with Gasteiger partial charge in [-0.3, -0.25) is 0 Å². The second-order valence-electron chi connectivity index (χ2n) is 3.25. The fourth-order valence-corrected chi connectivity index (χ4v) is 1.33. The van der Waals surface area contributed by atoms with Gasteiger partial charge < -0.3 is 19.5 Å². The lowest BCUT2D eigenvalue weighted by atomic mass is 10.3. The smallest absolute Gasteiger partial charge is 0.422 e. The topological polar surface area (TPSA) is 69.7 Å². The number of halogens is 3. The lowest BCUT2D eigenvalue weighted by molar-refractivity contribution is -0.147. The highest BCUT2D eigenvalue weighted by Gasteiger charge is 2.41. The molecule has 5 nitrogen and oxygen atoms in total. The molecule has 0 aliphatic carbocycles. The average molecular weight is 254 g/mol. The summed E-state index contributed by atoms with van der Waals surface area (Å²) in [5.41, 5.74) is -1.41. The van der Waals surface area contributed by atoms with Crippen LogP contribution < -0.4 is 4.90 Å². The quantitative estimate of drug-likeness (QED) is 0.797. The number of aromatic nitrogens is 1. The number of rotatable bonds is 4. The Hall–Kier alpha value is -1.28. The third kappa shape index (κ3) is 2.89. The van der Waals surface area contributed by atoms with Crippen LogP contribution in [0.25, 0.3) is 0 Å². The zero-order chi connectivity index (χ0) is 13.2. The average Bonchev–Trinajstić information content (AvgIpc) is 2.64. The fraction of sp³-hybridized carbons (Fsp3) is 0.667. The predicted octanol–water partition coefficient (Wildman–Crippen LogP) is 1.52. The maximum atomic E-state index is 12.5. The van der Waals surface area contributed by atoms with Crippen LogP contribution in [0.4, 0.5) is 19.2 Å². The number of nitrogens with zero attached hydrogens (tertiary/aromatic N) is 2. The van der Waals surface area contributed by atoms with E-state index in [0.29, 0.717) is 13.1 Å². The van der Waals surface area contributed by atoms with E-state index in [1.165, 1.54) is 4.90 Å². The molecule has 2 N–H and O–H groups in total. The molecule has 1 aromatic heterocycles. The number of aliphatic hydroxyl groups is 2. The maximum absolute atomic E-state index is 12.5. The highest BCUT2D eigenvalue weighted by molar-refractivity contribution is 5.31. The van der Waals surface area contributed by atoms with E-state index < -0.39 is 23.9 Å². The number of alkyl halides is 3. The summed E-state index contributed by atoms with van der Waals surface area (Å²) in [5, 5.41) is 17.6. The standard InChI is InChI=1S/C9H13F3N2O3/c1-3-14(4-2)8-13-6(9(10,11)12)5(17-8)7(15)16/h7,15-16H,3-4H2,1-2H3. The molecule has 0 spiro atoms. The summed E-state index contributed by atoms with van der Waals surface area (Å²) in [6.07, 6.45) is -7.13. The van der Waals surface area contributed by atoms with E-state index >= 15 is 0 Å². The van der Waals surface area contributed by atoms with Crippen LogP contribution in [0.1, 0.15) is 31.6 Å². The zero-order valence-electron chi connectivity index (χ0n) is 9.32. The first-order valence-corrected chi connectivity index (χ1v) is 5.00. The second-order valence-corrected chi connectivity index (χ2v) is 3.25. The van der Waals surface area contributed by atoms with Crippen LogP contribution >= 0.6 is 0 Å². The summed E-state index contributed by atoms with van der Waals surface area (Å²) >= 11 is 0. The molecule has 0 radical (unpaired) electrons. The van der Waals surface area contributed by atoms with Crippen LogP contribution in [0.2, 0.25) is 0 Å². The van der Waals surface area contributed by atoms with Crippen molar-refractivity contribution in [2.24, 2.45) is 0 Å². The second kappa shape index (κ2) is 4.92. The van der Waals surface area contributed by atoms with Crippen LogP contribution in [-0.4, -0.2) is 28.3 Å². The van der Waals surface area contributed by atoms with Crippen molar-refractivity contribution in [1.29, 1.82) is 0 Å². The van der Waals surface area contributed by atoms with Gasteiger partial charge in [-0.25, -0.2) is 0 Å². The third-order valence-electron chi connectivity index (χ3n) is 2.18. The summed E-state index contributed by atoms with van der Waals surface area (Å²) in [5.74, 6) is -0.987. The summed E-state index contributed by atoms with van der Waals surface area (Å²) in [4.78, 5) is 4.69. The number of anilines is 1. The van der Waals surface area contributed by atoms with Gasteiger partial charge in [0.05, 0.1) is 0 Å². The summed E-state index contributed by atoms with van der Waals surface area (Å²) in [7, 11) is 0. The molecule has 0 amide bonds. The molecule has 0 aromatic carbocycles. The van der Waals surface area contributed by atoms with Crippen LogP contribution in [-0.2, 0) is 6.18 Å². The maximum Gasteiger partial charge on any atom is 0.437 e. The van der Waals surface area contributed by atoms with Gasteiger partial charge in [0.1, 0.15) is 0 Å². The predicted molar refractivity (Wildman–Crippen MR) is 52.2 cm³/mol. The molecule has 0 aliphatic heterocycles. The van der Waals surface area contributed by atoms with Crippen molar-refractivity contribution in [1.82, 2.24) is 4.98 Å². The Morgan fingerprint density at radius 3 is 2.12 bits per heavy atom. The Kier molecular flexibility index (Phi) is 3.99. The molecule has 0 atom stereocenters. The van der Waals surface area contributed by atoms with E-state index in [0.717, 1.165) is 0 Å². The van der Waals surface area contributed by atoms with Gasteiger partial charge in [-0.15, -0.1) is 0 Å². The molecule has 0 unspecified atom stereocenters. The van der Waals surface area contributed by atoms with Crippen molar-refractivity contribution in [2.75, 3.05) is 18.0 Å². The van der Waals surface area contributed by atoms with Crippen molar-refractivity contribution in [3.8, 4) is 0 Å². The lowest BCUT2D eigenvalue weighted by Gasteiger charge is -2.14. The van der Waals surface area contributed by atoms with E-state index in [-0.39, 0.29) is 6.01 Å². The van der Waals surface area contributed by atoms with Crippen LogP contribution in [0.3, 0.4) is 0 Å². The first kappa shape index (κ1) is 13.8. The van der Waals surface area contributed by atoms with Crippen molar-refractivity contribution in [3.63, 3.8) is 0 Å². The number of hydrogen-bond donors (Lipinski definition) is 2. The summed E-state index contributed by atoms with van der Waals surface area (Å²) < 4.78 is 42.3. The van der Waals surface area contributed by atoms with E-state index in [1.54, 1.807) is 13.8 Å². The molecule has 0 fully saturated rings. The number of hydrogen-bond acceptors (Lipinski definition) is 5. The van der Waals surface area contributed by atoms with E-state index in [9.17, 15) is 13.2 Å². The number of oxazole rings is 1. The van der Waals surface area contributed by atoms with Crippen LogP contribution in [0.15, 0.2) is 4.42 Å². The zero-order valence-corrected chi connectivity index (χ0v) is 9.32. The van der Waals surface area contributed by atoms with Crippen molar-refractivity contribution in [3.05, 3.63) is 11.5 Å². The monoisotopic (exact) mass is 254 g/mol. The largest absolute Gasteiger partial charge is 0.437 e. The minimum absolute atomic E-state index is 0.273. The summed E-state index contributed by atoms with van der Waals surface area (Å²) in [6, 6.07) is -0.273. The van der Waals surface area contributed by atoms with Gasteiger partial charge >= 0.3 is 6.18 Å². The first-order valence-electron chi connectivity index (χ1n) is 5.00. The molecule has 0 saturated heterocycles. The van der Waals surface area contributed by atoms with E-state index in [4.69, 9.17) is 14.6 Å². The van der Waals surface area contributed by atoms with Crippen molar-refractivity contribution < 1.29 is 27.8 Å². The first-order chi connectivity index (χ1) is 7.81. The highest BCUT2D eigenvalue weighted by Crippen LogP contribution is 2.36. The van der Waals surface area contributed by atoms with Gasteiger partial charge in [0.15, 0.2) is 11.5 Å². The molecule has 98 valence electrons. The molecule has 0 saturated carbocycles. The molecule has 17 heavy (non-hydrogen) atoms. The Labute approximate surface area is 95.5 Å². The summed E-state index contributed by atoms with van der Waals surface area (Å²) in [6.45, 7) is 4.23. The Morgan fingerprint density at radius 2 is 1.82 bits per heavy atom. The Balaban J connectivity index is 3.21. The molecule has 1 rings (SSSR count). The van der Waals surface area contributed by atoms with Crippen LogP contribution in [0, 0.1) is 0 Å². The Bertz CT molecular complexity index is 372. The Morgan fingerprint density at radius 1 is 1.29 bits per heavy atom. The van der Waals surface area contributed by atoms with Gasteiger partial charge in [-0.2, -0.15) is 18.2 Å². The molecule has 1 aromatic rings. The van der Waals surface area contributed by atoms with Crippen molar-refractivity contribution >= 4 is 6.01 Å². The minimum atomic E-state index is -4.78.